The summed E-state index contributed by atoms with van der Waals surface area (Å²) in [6, 6.07) is 16.5. The molecule has 0 aliphatic carbocycles. The molecule has 178 valence electrons. The second kappa shape index (κ2) is 9.88. The second-order valence-corrected chi connectivity index (χ2v) is 11.4. The highest BCUT2D eigenvalue weighted by molar-refractivity contribution is 7.99. The smallest absolute Gasteiger partial charge is 0.233 e. The van der Waals surface area contributed by atoms with Gasteiger partial charge in [0, 0.05) is 19.2 Å². The number of benzene rings is 2. The molecule has 2 aromatic heterocycles. The van der Waals surface area contributed by atoms with Gasteiger partial charge in [0.25, 0.3) is 0 Å². The lowest BCUT2D eigenvalue weighted by Gasteiger charge is -2.23. The number of para-hydroxylation sites is 1. The summed E-state index contributed by atoms with van der Waals surface area (Å²) in [5.74, 6) is 1.17. The van der Waals surface area contributed by atoms with Gasteiger partial charge in [-0.15, -0.1) is 21.5 Å². The van der Waals surface area contributed by atoms with Crippen LogP contribution >= 0.6 is 23.1 Å². The Morgan fingerprint density at radius 2 is 1.82 bits per heavy atom. The second-order valence-electron chi connectivity index (χ2n) is 9.37. The molecule has 8 heteroatoms. The van der Waals surface area contributed by atoms with Gasteiger partial charge in [-0.05, 0) is 37.0 Å². The SMILES string of the molecule is CCn1c(SCC(=O)N(C)[C@@H](C)c2nc3ccccc3s2)nnc1-c1ccc(C(C)(C)C)cc1. The van der Waals surface area contributed by atoms with E-state index < -0.39 is 0 Å². The number of hydrogen-bond donors (Lipinski definition) is 0. The zero-order valence-electron chi connectivity index (χ0n) is 20.6. The summed E-state index contributed by atoms with van der Waals surface area (Å²) in [6.07, 6.45) is 0. The Bertz CT molecular complexity index is 1250. The first-order valence-corrected chi connectivity index (χ1v) is 13.3. The van der Waals surface area contributed by atoms with E-state index in [0.29, 0.717) is 5.75 Å². The average molecular weight is 494 g/mol. The van der Waals surface area contributed by atoms with Gasteiger partial charge >= 0.3 is 0 Å². The zero-order valence-corrected chi connectivity index (χ0v) is 22.2. The Kier molecular flexibility index (Phi) is 7.09. The van der Waals surface area contributed by atoms with Gasteiger partial charge in [0.2, 0.25) is 5.91 Å². The van der Waals surface area contributed by atoms with Crippen LogP contribution in [-0.4, -0.2) is 43.4 Å². The van der Waals surface area contributed by atoms with E-state index in [4.69, 9.17) is 4.98 Å². The molecule has 0 bridgehead atoms. The van der Waals surface area contributed by atoms with E-state index in [1.165, 1.54) is 17.3 Å². The number of rotatable bonds is 7. The molecule has 34 heavy (non-hydrogen) atoms. The molecule has 6 nitrogen and oxygen atoms in total. The van der Waals surface area contributed by atoms with Gasteiger partial charge in [0.1, 0.15) is 5.01 Å². The molecule has 2 aromatic carbocycles. The van der Waals surface area contributed by atoms with E-state index in [0.717, 1.165) is 38.3 Å². The maximum absolute atomic E-state index is 13.0. The maximum Gasteiger partial charge on any atom is 0.233 e. The third-order valence-electron chi connectivity index (χ3n) is 6.01. The van der Waals surface area contributed by atoms with E-state index in [-0.39, 0.29) is 17.4 Å². The molecule has 0 aliphatic rings. The predicted octanol–water partition coefficient (Wildman–Crippen LogP) is 6.18. The van der Waals surface area contributed by atoms with Crippen molar-refractivity contribution in [2.45, 2.75) is 57.8 Å². The van der Waals surface area contributed by atoms with Gasteiger partial charge in [0.05, 0.1) is 22.0 Å². The van der Waals surface area contributed by atoms with Gasteiger partial charge in [-0.2, -0.15) is 0 Å². The number of fused-ring (bicyclic) bond motifs is 1. The largest absolute Gasteiger partial charge is 0.336 e. The molecule has 0 saturated carbocycles. The third-order valence-corrected chi connectivity index (χ3v) is 8.17. The normalized spacial score (nSPS) is 12.8. The van der Waals surface area contributed by atoms with E-state index >= 15 is 0 Å². The standard InChI is InChI=1S/C26H31N5OS2/c1-7-31-23(18-12-14-19(15-13-18)26(3,4)5)28-29-25(31)33-16-22(32)30(6)17(2)24-27-20-10-8-9-11-21(20)34-24/h8-15,17H,7,16H2,1-6H3/t17-/m0/s1. The van der Waals surface area contributed by atoms with Crippen molar-refractivity contribution < 1.29 is 4.79 Å². The number of carbonyl (C=O) groups excluding carboxylic acids is 1. The minimum Gasteiger partial charge on any atom is -0.336 e. The summed E-state index contributed by atoms with van der Waals surface area (Å²) in [6.45, 7) is 11.4. The molecule has 0 fully saturated rings. The molecule has 0 N–H and O–H groups in total. The molecule has 0 spiro atoms. The summed E-state index contributed by atoms with van der Waals surface area (Å²) in [4.78, 5) is 19.5. The molecule has 1 amide bonds. The van der Waals surface area contributed by atoms with E-state index in [1.54, 1.807) is 16.2 Å². The molecular formula is C26H31N5OS2. The summed E-state index contributed by atoms with van der Waals surface area (Å²) >= 11 is 3.07. The fourth-order valence-electron chi connectivity index (χ4n) is 3.69. The predicted molar refractivity (Wildman–Crippen MR) is 141 cm³/mol. The molecule has 0 saturated heterocycles. The Morgan fingerprint density at radius 3 is 2.47 bits per heavy atom. The van der Waals surface area contributed by atoms with Crippen LogP contribution in [0.4, 0.5) is 0 Å². The van der Waals surface area contributed by atoms with E-state index in [1.807, 2.05) is 32.2 Å². The van der Waals surface area contributed by atoms with Crippen LogP contribution in [0.15, 0.2) is 53.7 Å². The lowest BCUT2D eigenvalue weighted by Crippen LogP contribution is -2.31. The number of thiazole rings is 1. The average Bonchev–Trinajstić information content (AvgIpc) is 3.45. The number of hydrogen-bond acceptors (Lipinski definition) is 6. The van der Waals surface area contributed by atoms with Gasteiger partial charge in [-0.3, -0.25) is 4.79 Å². The van der Waals surface area contributed by atoms with Crippen LogP contribution in [0.5, 0.6) is 0 Å². The Hall–Kier alpha value is -2.71. The first-order chi connectivity index (χ1) is 16.2. The van der Waals surface area contributed by atoms with Crippen molar-refractivity contribution in [3.63, 3.8) is 0 Å². The van der Waals surface area contributed by atoms with Crippen LogP contribution in [0.25, 0.3) is 21.6 Å². The highest BCUT2D eigenvalue weighted by Gasteiger charge is 2.22. The molecule has 2 heterocycles. The number of amides is 1. The van der Waals surface area contributed by atoms with Crippen LogP contribution in [-0.2, 0) is 16.8 Å². The first-order valence-electron chi connectivity index (χ1n) is 11.5. The zero-order chi connectivity index (χ0) is 24.5. The van der Waals surface area contributed by atoms with Gasteiger partial charge < -0.3 is 9.47 Å². The number of aromatic nitrogens is 4. The summed E-state index contributed by atoms with van der Waals surface area (Å²) in [5, 5.41) is 10.5. The van der Waals surface area contributed by atoms with Crippen LogP contribution in [0.3, 0.4) is 0 Å². The molecule has 0 unspecified atom stereocenters. The van der Waals surface area contributed by atoms with E-state index in [2.05, 4.69) is 72.8 Å². The minimum absolute atomic E-state index is 0.0403. The number of carbonyl (C=O) groups is 1. The highest BCUT2D eigenvalue weighted by atomic mass is 32.2. The number of thioether (sulfide) groups is 1. The lowest BCUT2D eigenvalue weighted by atomic mass is 9.87. The van der Waals surface area contributed by atoms with Gasteiger partial charge in [-0.25, -0.2) is 4.98 Å². The van der Waals surface area contributed by atoms with Crippen molar-refractivity contribution in [2.75, 3.05) is 12.8 Å². The maximum atomic E-state index is 13.0. The van der Waals surface area contributed by atoms with Crippen molar-refractivity contribution >= 4 is 39.2 Å². The molecule has 0 radical (unpaired) electrons. The van der Waals surface area contributed by atoms with E-state index in [9.17, 15) is 4.79 Å². The van der Waals surface area contributed by atoms with Crippen LogP contribution in [0.2, 0.25) is 0 Å². The van der Waals surface area contributed by atoms with Crippen LogP contribution < -0.4 is 0 Å². The summed E-state index contributed by atoms with van der Waals surface area (Å²) in [7, 11) is 1.84. The van der Waals surface area contributed by atoms with Gasteiger partial charge in [0.15, 0.2) is 11.0 Å². The third kappa shape index (κ3) is 5.03. The Labute approximate surface area is 209 Å². The highest BCUT2D eigenvalue weighted by Crippen LogP contribution is 2.30. The fraction of sp³-hybridized carbons (Fsp3) is 0.385. The summed E-state index contributed by atoms with van der Waals surface area (Å²) < 4.78 is 3.21. The molecule has 1 atom stereocenters. The minimum atomic E-state index is -0.0913. The lowest BCUT2D eigenvalue weighted by molar-refractivity contribution is -0.128. The number of nitrogens with zero attached hydrogens (tertiary/aromatic N) is 5. The van der Waals surface area contributed by atoms with Crippen molar-refractivity contribution in [3.05, 3.63) is 59.1 Å². The monoisotopic (exact) mass is 493 g/mol. The first kappa shape index (κ1) is 24.4. The summed E-state index contributed by atoms with van der Waals surface area (Å²) in [5.41, 5.74) is 3.39. The Balaban J connectivity index is 1.44. The molecule has 4 aromatic rings. The molecule has 4 rings (SSSR count). The van der Waals surface area contributed by atoms with Crippen LogP contribution in [0.1, 0.15) is 51.2 Å². The Morgan fingerprint density at radius 1 is 1.12 bits per heavy atom. The van der Waals surface area contributed by atoms with Crippen molar-refractivity contribution in [2.24, 2.45) is 0 Å². The molecular weight excluding hydrogens is 462 g/mol. The van der Waals surface area contributed by atoms with Crippen molar-refractivity contribution in [1.29, 1.82) is 0 Å². The topological polar surface area (TPSA) is 63.9 Å². The fourth-order valence-corrected chi connectivity index (χ4v) is 5.68. The van der Waals surface area contributed by atoms with Crippen molar-refractivity contribution in [1.82, 2.24) is 24.6 Å². The molecule has 0 aliphatic heterocycles. The van der Waals surface area contributed by atoms with Gasteiger partial charge in [-0.1, -0.05) is 68.9 Å². The quantitative estimate of drug-likeness (QED) is 0.288. The van der Waals surface area contributed by atoms with Crippen LogP contribution in [0, 0.1) is 0 Å². The van der Waals surface area contributed by atoms with Crippen molar-refractivity contribution in [3.8, 4) is 11.4 Å².